The molecule has 4 nitrogen and oxygen atoms in total. The van der Waals surface area contributed by atoms with Crippen LogP contribution in [0.15, 0.2) is 0 Å². The Labute approximate surface area is 110 Å². The smallest absolute Gasteiger partial charge is 0.227 e. The van der Waals surface area contributed by atoms with E-state index in [1.54, 1.807) is 0 Å². The third-order valence-electron chi connectivity index (χ3n) is 5.10. The van der Waals surface area contributed by atoms with E-state index in [0.29, 0.717) is 37.6 Å². The molecule has 1 aliphatic carbocycles. The van der Waals surface area contributed by atoms with E-state index in [-0.39, 0.29) is 11.3 Å². The van der Waals surface area contributed by atoms with E-state index < -0.39 is 0 Å². The lowest BCUT2D eigenvalue weighted by atomic mass is 9.79. The van der Waals surface area contributed by atoms with Gasteiger partial charge < -0.3 is 15.8 Å². The van der Waals surface area contributed by atoms with Crippen LogP contribution in [0.1, 0.15) is 39.5 Å². The number of carbonyl (C=O) groups is 1. The predicted octanol–water partition coefficient (Wildman–Crippen LogP) is 1.29. The molecule has 1 saturated carbocycles. The zero-order valence-corrected chi connectivity index (χ0v) is 11.6. The van der Waals surface area contributed by atoms with E-state index in [1.807, 2.05) is 0 Å². The molecular formula is C14H26N2O2. The van der Waals surface area contributed by atoms with E-state index >= 15 is 0 Å². The van der Waals surface area contributed by atoms with Gasteiger partial charge in [0.25, 0.3) is 0 Å². The van der Waals surface area contributed by atoms with Crippen molar-refractivity contribution in [2.24, 2.45) is 23.0 Å². The first kappa shape index (κ1) is 13.8. The van der Waals surface area contributed by atoms with Gasteiger partial charge in [-0.05, 0) is 37.5 Å². The number of hydrogen-bond acceptors (Lipinski definition) is 3. The molecule has 2 aliphatic rings. The lowest BCUT2D eigenvalue weighted by molar-refractivity contribution is -0.136. The van der Waals surface area contributed by atoms with Crippen molar-refractivity contribution in [3.63, 3.8) is 0 Å². The number of hydrogen-bond donors (Lipinski definition) is 2. The summed E-state index contributed by atoms with van der Waals surface area (Å²) in [4.78, 5) is 12.5. The topological polar surface area (TPSA) is 64.4 Å². The standard InChI is InChI=1S/C14H26N2O2/c1-10-3-4-12(11(10)2)16-13(17)14(9-15)5-7-18-8-6-14/h10-12H,3-9,15H2,1-2H3,(H,16,17). The summed E-state index contributed by atoms with van der Waals surface area (Å²) in [5.74, 6) is 1.43. The quantitative estimate of drug-likeness (QED) is 0.797. The van der Waals surface area contributed by atoms with Gasteiger partial charge in [-0.3, -0.25) is 4.79 Å². The van der Waals surface area contributed by atoms with E-state index in [0.717, 1.165) is 19.3 Å². The Kier molecular flexibility index (Phi) is 4.28. The second kappa shape index (κ2) is 5.57. The Bertz CT molecular complexity index is 300. The second-order valence-electron chi connectivity index (χ2n) is 6.09. The van der Waals surface area contributed by atoms with E-state index in [1.165, 1.54) is 6.42 Å². The Balaban J connectivity index is 1.97. The van der Waals surface area contributed by atoms with Crippen molar-refractivity contribution < 1.29 is 9.53 Å². The largest absolute Gasteiger partial charge is 0.381 e. The van der Waals surface area contributed by atoms with Crippen LogP contribution in [-0.4, -0.2) is 31.7 Å². The lowest BCUT2D eigenvalue weighted by Gasteiger charge is -2.36. The van der Waals surface area contributed by atoms with Crippen LogP contribution in [0.3, 0.4) is 0 Å². The van der Waals surface area contributed by atoms with Crippen molar-refractivity contribution in [2.45, 2.75) is 45.6 Å². The Morgan fingerprint density at radius 2 is 2.00 bits per heavy atom. The van der Waals surface area contributed by atoms with Gasteiger partial charge in [0.1, 0.15) is 0 Å². The van der Waals surface area contributed by atoms with Crippen LogP contribution in [0.2, 0.25) is 0 Å². The molecule has 18 heavy (non-hydrogen) atoms. The first-order chi connectivity index (χ1) is 8.59. The Morgan fingerprint density at radius 1 is 1.33 bits per heavy atom. The van der Waals surface area contributed by atoms with Crippen LogP contribution >= 0.6 is 0 Å². The maximum atomic E-state index is 12.5. The van der Waals surface area contributed by atoms with E-state index in [2.05, 4.69) is 19.2 Å². The highest BCUT2D eigenvalue weighted by molar-refractivity contribution is 5.83. The number of ether oxygens (including phenoxy) is 1. The average Bonchev–Trinajstić information content (AvgIpc) is 2.71. The summed E-state index contributed by atoms with van der Waals surface area (Å²) >= 11 is 0. The number of amides is 1. The monoisotopic (exact) mass is 254 g/mol. The van der Waals surface area contributed by atoms with Gasteiger partial charge in [-0.2, -0.15) is 0 Å². The normalized spacial score (nSPS) is 35.4. The SMILES string of the molecule is CC1CCC(NC(=O)C2(CN)CCOCC2)C1C. The molecule has 3 N–H and O–H groups in total. The highest BCUT2D eigenvalue weighted by Crippen LogP contribution is 2.34. The summed E-state index contributed by atoms with van der Waals surface area (Å²) in [7, 11) is 0. The van der Waals surface area contributed by atoms with Gasteiger partial charge in [-0.15, -0.1) is 0 Å². The summed E-state index contributed by atoms with van der Waals surface area (Å²) in [5.41, 5.74) is 5.47. The molecule has 2 rings (SSSR count). The molecule has 104 valence electrons. The molecule has 0 spiro atoms. The molecule has 0 bridgehead atoms. The van der Waals surface area contributed by atoms with Crippen LogP contribution in [0.4, 0.5) is 0 Å². The molecule has 1 saturated heterocycles. The number of carbonyl (C=O) groups excluding carboxylic acids is 1. The summed E-state index contributed by atoms with van der Waals surface area (Å²) in [5, 5.41) is 3.25. The third kappa shape index (κ3) is 2.54. The molecule has 0 aromatic heterocycles. The Hall–Kier alpha value is -0.610. The number of rotatable bonds is 3. The fraction of sp³-hybridized carbons (Fsp3) is 0.929. The third-order valence-corrected chi connectivity index (χ3v) is 5.10. The Morgan fingerprint density at radius 3 is 2.50 bits per heavy atom. The van der Waals surface area contributed by atoms with Gasteiger partial charge in [-0.1, -0.05) is 13.8 Å². The maximum absolute atomic E-state index is 12.5. The van der Waals surface area contributed by atoms with Gasteiger partial charge in [0.2, 0.25) is 5.91 Å². The summed E-state index contributed by atoms with van der Waals surface area (Å²) < 4.78 is 5.35. The molecule has 0 aromatic rings. The van der Waals surface area contributed by atoms with Gasteiger partial charge >= 0.3 is 0 Å². The summed E-state index contributed by atoms with van der Waals surface area (Å²) in [6, 6.07) is 0.332. The van der Waals surface area contributed by atoms with Gasteiger partial charge in [0, 0.05) is 25.8 Å². The molecule has 0 aromatic carbocycles. The molecule has 4 heteroatoms. The molecule has 1 aliphatic heterocycles. The first-order valence-corrected chi connectivity index (χ1v) is 7.18. The summed E-state index contributed by atoms with van der Waals surface area (Å²) in [6.45, 7) is 6.24. The minimum absolute atomic E-state index is 0.152. The molecule has 3 atom stereocenters. The lowest BCUT2D eigenvalue weighted by Crippen LogP contribution is -2.52. The van der Waals surface area contributed by atoms with Crippen molar-refractivity contribution in [3.8, 4) is 0 Å². The number of nitrogens with two attached hydrogens (primary N) is 1. The van der Waals surface area contributed by atoms with Crippen molar-refractivity contribution >= 4 is 5.91 Å². The summed E-state index contributed by atoms with van der Waals surface area (Å²) in [6.07, 6.45) is 3.83. The van der Waals surface area contributed by atoms with Crippen LogP contribution in [0.5, 0.6) is 0 Å². The maximum Gasteiger partial charge on any atom is 0.227 e. The molecule has 1 amide bonds. The second-order valence-corrected chi connectivity index (χ2v) is 6.09. The van der Waals surface area contributed by atoms with Crippen LogP contribution in [-0.2, 0) is 9.53 Å². The number of nitrogens with one attached hydrogen (secondary N) is 1. The molecule has 1 heterocycles. The van der Waals surface area contributed by atoms with E-state index in [9.17, 15) is 4.79 Å². The first-order valence-electron chi connectivity index (χ1n) is 7.18. The van der Waals surface area contributed by atoms with Gasteiger partial charge in [0.15, 0.2) is 0 Å². The van der Waals surface area contributed by atoms with Gasteiger partial charge in [0.05, 0.1) is 5.41 Å². The predicted molar refractivity (Wildman–Crippen MR) is 71.0 cm³/mol. The highest BCUT2D eigenvalue weighted by atomic mass is 16.5. The van der Waals surface area contributed by atoms with E-state index in [4.69, 9.17) is 10.5 Å². The van der Waals surface area contributed by atoms with Crippen molar-refractivity contribution in [1.82, 2.24) is 5.32 Å². The average molecular weight is 254 g/mol. The van der Waals surface area contributed by atoms with Crippen molar-refractivity contribution in [2.75, 3.05) is 19.8 Å². The fourth-order valence-electron chi connectivity index (χ4n) is 3.18. The molecule has 3 unspecified atom stereocenters. The molecular weight excluding hydrogens is 228 g/mol. The highest BCUT2D eigenvalue weighted by Gasteiger charge is 2.41. The minimum atomic E-state index is -0.385. The van der Waals surface area contributed by atoms with Crippen molar-refractivity contribution in [3.05, 3.63) is 0 Å². The van der Waals surface area contributed by atoms with Crippen LogP contribution in [0, 0.1) is 17.3 Å². The molecule has 0 radical (unpaired) electrons. The van der Waals surface area contributed by atoms with Crippen molar-refractivity contribution in [1.29, 1.82) is 0 Å². The van der Waals surface area contributed by atoms with Crippen LogP contribution in [0.25, 0.3) is 0 Å². The zero-order chi connectivity index (χ0) is 13.2. The van der Waals surface area contributed by atoms with Gasteiger partial charge in [-0.25, -0.2) is 0 Å². The minimum Gasteiger partial charge on any atom is -0.381 e. The fourth-order valence-corrected chi connectivity index (χ4v) is 3.18. The zero-order valence-electron chi connectivity index (χ0n) is 11.6. The molecule has 2 fully saturated rings. The van der Waals surface area contributed by atoms with Crippen LogP contribution < -0.4 is 11.1 Å².